The van der Waals surface area contributed by atoms with Gasteiger partial charge in [0.25, 0.3) is 0 Å². The van der Waals surface area contributed by atoms with Gasteiger partial charge in [0.05, 0.1) is 11.1 Å². The number of nitrogens with two attached hydrogens (primary N) is 1. The van der Waals surface area contributed by atoms with Gasteiger partial charge in [-0.1, -0.05) is 12.1 Å². The molecule has 128 valence electrons. The number of H-pyrrole nitrogens is 1. The number of fused-ring (bicyclic) bond motifs is 1. The Balaban J connectivity index is 1.53. The summed E-state index contributed by atoms with van der Waals surface area (Å²) in [5, 5.41) is 17.7. The standard InChI is InChI=1S/C15H19N5O3S/c16-24(22,23)13-3-1-2-10(6-13)8-17-15(21)19-12-5-4-11-9-18-20-14(11)7-12/h1-3,6,9,12H,4-5,7-8H2,(H,18,20)(H2,16,22,23)(H2,17,19,21)/t12-/m0/s1. The van der Waals surface area contributed by atoms with Gasteiger partial charge in [0, 0.05) is 24.7 Å². The zero-order valence-corrected chi connectivity index (χ0v) is 13.8. The number of hydrogen-bond donors (Lipinski definition) is 4. The van der Waals surface area contributed by atoms with Crippen LogP contribution in [0.15, 0.2) is 35.4 Å². The lowest BCUT2D eigenvalue weighted by Gasteiger charge is -2.23. The number of nitrogens with zero attached hydrogens (tertiary/aromatic N) is 1. The van der Waals surface area contributed by atoms with Crippen LogP contribution in [-0.4, -0.2) is 30.7 Å². The van der Waals surface area contributed by atoms with E-state index in [4.69, 9.17) is 5.14 Å². The average molecular weight is 349 g/mol. The maximum atomic E-state index is 12.0. The molecule has 3 rings (SSSR count). The summed E-state index contributed by atoms with van der Waals surface area (Å²) in [6.45, 7) is 0.219. The molecule has 0 bridgehead atoms. The van der Waals surface area contributed by atoms with E-state index >= 15 is 0 Å². The second kappa shape index (κ2) is 6.62. The molecule has 2 amide bonds. The smallest absolute Gasteiger partial charge is 0.315 e. The molecule has 8 nitrogen and oxygen atoms in total. The van der Waals surface area contributed by atoms with Gasteiger partial charge >= 0.3 is 6.03 Å². The number of aryl methyl sites for hydroxylation is 1. The Bertz CT molecular complexity index is 846. The van der Waals surface area contributed by atoms with Gasteiger partial charge in [0.1, 0.15) is 0 Å². The molecule has 1 aliphatic rings. The molecule has 9 heteroatoms. The monoisotopic (exact) mass is 349 g/mol. The predicted molar refractivity (Wildman–Crippen MR) is 87.6 cm³/mol. The summed E-state index contributed by atoms with van der Waals surface area (Å²) in [7, 11) is -3.75. The summed E-state index contributed by atoms with van der Waals surface area (Å²) in [4.78, 5) is 12.1. The Kier molecular flexibility index (Phi) is 4.54. The second-order valence-electron chi connectivity index (χ2n) is 5.83. The van der Waals surface area contributed by atoms with Gasteiger partial charge in [-0.2, -0.15) is 5.10 Å². The topological polar surface area (TPSA) is 130 Å². The lowest BCUT2D eigenvalue weighted by atomic mass is 9.94. The number of rotatable bonds is 4. The Hall–Kier alpha value is -2.39. The zero-order valence-electron chi connectivity index (χ0n) is 13.0. The minimum atomic E-state index is -3.75. The molecular weight excluding hydrogens is 330 g/mol. The molecule has 0 spiro atoms. The fraction of sp³-hybridized carbons (Fsp3) is 0.333. The maximum absolute atomic E-state index is 12.0. The SMILES string of the molecule is NS(=O)(=O)c1cccc(CNC(=O)N[C@H]2CCc3cn[nH]c3C2)c1. The Labute approximate surface area is 139 Å². The van der Waals surface area contributed by atoms with E-state index in [1.165, 1.54) is 17.7 Å². The zero-order chi connectivity index (χ0) is 17.2. The highest BCUT2D eigenvalue weighted by Gasteiger charge is 2.21. The van der Waals surface area contributed by atoms with Crippen molar-refractivity contribution in [1.29, 1.82) is 0 Å². The number of amides is 2. The van der Waals surface area contributed by atoms with Crippen molar-refractivity contribution >= 4 is 16.1 Å². The first-order valence-corrected chi connectivity index (χ1v) is 9.13. The van der Waals surface area contributed by atoms with Gasteiger partial charge in [-0.3, -0.25) is 5.10 Å². The van der Waals surface area contributed by atoms with E-state index in [2.05, 4.69) is 20.8 Å². The number of aromatic nitrogens is 2. The molecular formula is C15H19N5O3S. The third kappa shape index (κ3) is 3.92. The summed E-state index contributed by atoms with van der Waals surface area (Å²) in [6.07, 6.45) is 4.29. The van der Waals surface area contributed by atoms with Gasteiger partial charge in [-0.15, -0.1) is 0 Å². The Morgan fingerprint density at radius 3 is 3.04 bits per heavy atom. The molecule has 5 N–H and O–H groups in total. The van der Waals surface area contributed by atoms with Crippen LogP contribution in [0.3, 0.4) is 0 Å². The highest BCUT2D eigenvalue weighted by molar-refractivity contribution is 7.89. The predicted octanol–water partition coefficient (Wildman–Crippen LogP) is 0.414. The summed E-state index contributed by atoms with van der Waals surface area (Å²) in [5.41, 5.74) is 2.93. The fourth-order valence-corrected chi connectivity index (χ4v) is 3.37. The third-order valence-corrected chi connectivity index (χ3v) is 4.95. The van der Waals surface area contributed by atoms with Gasteiger partial charge in [-0.05, 0) is 36.1 Å². The molecule has 1 aromatic heterocycles. The van der Waals surface area contributed by atoms with Crippen LogP contribution in [0.2, 0.25) is 0 Å². The number of nitrogens with one attached hydrogen (secondary N) is 3. The number of aromatic amines is 1. The third-order valence-electron chi connectivity index (χ3n) is 4.04. The first-order chi connectivity index (χ1) is 11.4. The maximum Gasteiger partial charge on any atom is 0.315 e. The van der Waals surface area contributed by atoms with E-state index in [1.54, 1.807) is 12.1 Å². The molecule has 0 unspecified atom stereocenters. The number of urea groups is 1. The van der Waals surface area contributed by atoms with Crippen LogP contribution < -0.4 is 15.8 Å². The number of hydrogen-bond acceptors (Lipinski definition) is 4. The molecule has 1 aromatic carbocycles. The first-order valence-electron chi connectivity index (χ1n) is 7.59. The van der Waals surface area contributed by atoms with Gasteiger partial charge in [0.15, 0.2) is 0 Å². The number of primary sulfonamides is 1. The van der Waals surface area contributed by atoms with E-state index in [9.17, 15) is 13.2 Å². The van der Waals surface area contributed by atoms with Crippen LogP contribution in [0.1, 0.15) is 23.2 Å². The molecule has 0 fully saturated rings. The largest absolute Gasteiger partial charge is 0.335 e. The van der Waals surface area contributed by atoms with E-state index < -0.39 is 10.0 Å². The van der Waals surface area contributed by atoms with Crippen LogP contribution in [0.25, 0.3) is 0 Å². The van der Waals surface area contributed by atoms with E-state index in [-0.39, 0.29) is 23.5 Å². The number of carbonyl (C=O) groups is 1. The van der Waals surface area contributed by atoms with Crippen molar-refractivity contribution in [3.05, 3.63) is 47.3 Å². The van der Waals surface area contributed by atoms with Gasteiger partial charge < -0.3 is 10.6 Å². The van der Waals surface area contributed by atoms with E-state index in [0.717, 1.165) is 25.0 Å². The van der Waals surface area contributed by atoms with E-state index in [1.807, 2.05) is 6.20 Å². The molecule has 0 radical (unpaired) electrons. The van der Waals surface area contributed by atoms with E-state index in [0.29, 0.717) is 5.56 Å². The summed E-state index contributed by atoms with van der Waals surface area (Å²) >= 11 is 0. The number of sulfonamides is 1. The van der Waals surface area contributed by atoms with Crippen molar-refractivity contribution in [2.75, 3.05) is 0 Å². The molecule has 1 heterocycles. The fourth-order valence-electron chi connectivity index (χ4n) is 2.78. The van der Waals surface area contributed by atoms with Crippen molar-refractivity contribution in [2.45, 2.75) is 36.7 Å². The van der Waals surface area contributed by atoms with Crippen molar-refractivity contribution in [3.63, 3.8) is 0 Å². The van der Waals surface area contributed by atoms with Crippen molar-refractivity contribution in [3.8, 4) is 0 Å². The number of carbonyl (C=O) groups excluding carboxylic acids is 1. The van der Waals surface area contributed by atoms with Crippen LogP contribution in [0.4, 0.5) is 4.79 Å². The molecule has 0 aliphatic heterocycles. The normalized spacial score (nSPS) is 17.1. The lowest BCUT2D eigenvalue weighted by molar-refractivity contribution is 0.235. The number of benzene rings is 1. The Morgan fingerprint density at radius 1 is 1.42 bits per heavy atom. The van der Waals surface area contributed by atoms with Crippen molar-refractivity contribution in [2.24, 2.45) is 5.14 Å². The lowest BCUT2D eigenvalue weighted by Crippen LogP contribution is -2.44. The second-order valence-corrected chi connectivity index (χ2v) is 7.39. The highest BCUT2D eigenvalue weighted by Crippen LogP contribution is 2.18. The molecule has 2 aromatic rings. The van der Waals surface area contributed by atoms with Crippen LogP contribution in [0.5, 0.6) is 0 Å². The minimum absolute atomic E-state index is 0.0289. The van der Waals surface area contributed by atoms with Crippen molar-refractivity contribution < 1.29 is 13.2 Å². The minimum Gasteiger partial charge on any atom is -0.335 e. The molecule has 1 aliphatic carbocycles. The summed E-state index contributed by atoms with van der Waals surface area (Å²) in [6, 6.07) is 5.95. The first kappa shape index (κ1) is 16.5. The van der Waals surface area contributed by atoms with Gasteiger partial charge in [0.2, 0.25) is 10.0 Å². The highest BCUT2D eigenvalue weighted by atomic mass is 32.2. The van der Waals surface area contributed by atoms with Crippen LogP contribution >= 0.6 is 0 Å². The van der Waals surface area contributed by atoms with Gasteiger partial charge in [-0.25, -0.2) is 18.4 Å². The molecule has 24 heavy (non-hydrogen) atoms. The molecule has 0 saturated heterocycles. The molecule has 1 atom stereocenters. The average Bonchev–Trinajstić information content (AvgIpc) is 3.00. The molecule has 0 saturated carbocycles. The van der Waals surface area contributed by atoms with Crippen LogP contribution in [0, 0.1) is 0 Å². The quantitative estimate of drug-likeness (QED) is 0.637. The summed E-state index contributed by atoms with van der Waals surface area (Å²) in [5.74, 6) is 0. The Morgan fingerprint density at radius 2 is 2.25 bits per heavy atom. The van der Waals surface area contributed by atoms with Crippen LogP contribution in [-0.2, 0) is 29.4 Å². The summed E-state index contributed by atoms with van der Waals surface area (Å²) < 4.78 is 22.7. The van der Waals surface area contributed by atoms with Crippen molar-refractivity contribution in [1.82, 2.24) is 20.8 Å².